The van der Waals surface area contributed by atoms with Crippen LogP contribution in [0.3, 0.4) is 0 Å². The molecule has 0 heterocycles. The van der Waals surface area contributed by atoms with Gasteiger partial charge in [-0.3, -0.25) is 9.59 Å². The van der Waals surface area contributed by atoms with Crippen molar-refractivity contribution in [3.63, 3.8) is 0 Å². The maximum atomic E-state index is 13.3. The Morgan fingerprint density at radius 3 is 2.56 bits per heavy atom. The minimum atomic E-state index is -1.10. The molecule has 0 aliphatic heterocycles. The Morgan fingerprint density at radius 1 is 1.44 bits per heavy atom. The third kappa shape index (κ3) is 2.74. The summed E-state index contributed by atoms with van der Waals surface area (Å²) >= 11 is 0. The minimum absolute atomic E-state index is 0.143. The fraction of sp³-hybridized carbons (Fsp3) is 0.250. The zero-order chi connectivity index (χ0) is 12.1. The van der Waals surface area contributed by atoms with E-state index in [0.717, 1.165) is 6.07 Å². The van der Waals surface area contributed by atoms with Gasteiger partial charge in [-0.15, -0.1) is 0 Å². The van der Waals surface area contributed by atoms with Gasteiger partial charge in [0.05, 0.1) is 11.6 Å². The first kappa shape index (κ1) is 12.1. The third-order valence-electron chi connectivity index (χ3n) is 2.10. The fourth-order valence-corrected chi connectivity index (χ4v) is 1.33. The summed E-state index contributed by atoms with van der Waals surface area (Å²) in [5, 5.41) is 8.75. The van der Waals surface area contributed by atoms with E-state index in [4.69, 9.17) is 5.26 Å². The summed E-state index contributed by atoms with van der Waals surface area (Å²) in [6.07, 6.45) is -0.177. The Morgan fingerprint density at radius 2 is 2.06 bits per heavy atom. The number of Topliss-reactive ketones (excluding diaryl/α,β-unsaturated/α-hetero) is 2. The Labute approximate surface area is 92.5 Å². The molecule has 0 saturated carbocycles. The number of hydrogen-bond donors (Lipinski definition) is 0. The highest BCUT2D eigenvalue weighted by molar-refractivity contribution is 6.01. The van der Waals surface area contributed by atoms with E-state index in [1.54, 1.807) is 6.07 Å². The van der Waals surface area contributed by atoms with E-state index in [1.807, 2.05) is 0 Å². The average molecular weight is 219 g/mol. The minimum Gasteiger partial charge on any atom is -0.300 e. The number of nitrogens with zero attached hydrogens (tertiary/aromatic N) is 1. The normalized spacial score (nSPS) is 11.6. The van der Waals surface area contributed by atoms with Crippen LogP contribution in [0.1, 0.15) is 23.7 Å². The predicted octanol–water partition coefficient (Wildman–Crippen LogP) is 2.13. The number of carbonyl (C=O) groups is 2. The number of benzene rings is 1. The summed E-state index contributed by atoms with van der Waals surface area (Å²) in [5.74, 6) is -2.68. The Balaban J connectivity index is 2.97. The van der Waals surface area contributed by atoms with Crippen molar-refractivity contribution in [3.05, 3.63) is 35.6 Å². The molecule has 1 unspecified atom stereocenters. The molecule has 16 heavy (non-hydrogen) atoms. The molecule has 0 spiro atoms. The van der Waals surface area contributed by atoms with E-state index in [1.165, 1.54) is 25.1 Å². The van der Waals surface area contributed by atoms with E-state index in [-0.39, 0.29) is 17.8 Å². The number of ketones is 2. The second-order valence-corrected chi connectivity index (χ2v) is 3.43. The summed E-state index contributed by atoms with van der Waals surface area (Å²) in [6.45, 7) is 1.29. The van der Waals surface area contributed by atoms with Gasteiger partial charge in [0.2, 0.25) is 0 Å². The molecule has 1 atom stereocenters. The van der Waals surface area contributed by atoms with Gasteiger partial charge in [-0.1, -0.05) is 12.1 Å². The Kier molecular flexibility index (Phi) is 3.90. The maximum absolute atomic E-state index is 13.3. The quantitative estimate of drug-likeness (QED) is 0.729. The van der Waals surface area contributed by atoms with Gasteiger partial charge in [-0.2, -0.15) is 5.26 Å². The SMILES string of the molecule is CC(=O)CC(C#N)C(=O)c1ccccc1F. The Hall–Kier alpha value is -2.02. The first-order chi connectivity index (χ1) is 7.56. The monoisotopic (exact) mass is 219 g/mol. The van der Waals surface area contributed by atoms with Crippen molar-refractivity contribution in [2.45, 2.75) is 13.3 Å². The van der Waals surface area contributed by atoms with Crippen molar-refractivity contribution in [2.75, 3.05) is 0 Å². The molecule has 0 radical (unpaired) electrons. The molecule has 3 nitrogen and oxygen atoms in total. The van der Waals surface area contributed by atoms with E-state index in [0.29, 0.717) is 0 Å². The highest BCUT2D eigenvalue weighted by Gasteiger charge is 2.23. The molecule has 0 bridgehead atoms. The number of rotatable bonds is 4. The van der Waals surface area contributed by atoms with Gasteiger partial charge in [0.1, 0.15) is 17.5 Å². The topological polar surface area (TPSA) is 57.9 Å². The summed E-state index contributed by atoms with van der Waals surface area (Å²) in [5.41, 5.74) is -0.143. The summed E-state index contributed by atoms with van der Waals surface area (Å²) < 4.78 is 13.3. The first-order valence-corrected chi connectivity index (χ1v) is 4.74. The zero-order valence-corrected chi connectivity index (χ0v) is 8.74. The van der Waals surface area contributed by atoms with Crippen LogP contribution in [-0.4, -0.2) is 11.6 Å². The summed E-state index contributed by atoms with van der Waals surface area (Å²) in [4.78, 5) is 22.6. The number of carbonyl (C=O) groups excluding carboxylic acids is 2. The van der Waals surface area contributed by atoms with Gasteiger partial charge in [0, 0.05) is 6.42 Å². The van der Waals surface area contributed by atoms with Crippen molar-refractivity contribution in [1.29, 1.82) is 5.26 Å². The first-order valence-electron chi connectivity index (χ1n) is 4.74. The molecule has 0 aliphatic rings. The summed E-state index contributed by atoms with van der Waals surface area (Å²) in [7, 11) is 0. The molecule has 4 heteroatoms. The summed E-state index contributed by atoms with van der Waals surface area (Å²) in [6, 6.07) is 7.15. The van der Waals surface area contributed by atoms with Crippen molar-refractivity contribution < 1.29 is 14.0 Å². The lowest BCUT2D eigenvalue weighted by atomic mass is 9.94. The second kappa shape index (κ2) is 5.17. The van der Waals surface area contributed by atoms with Crippen LogP contribution in [0.25, 0.3) is 0 Å². The van der Waals surface area contributed by atoms with Crippen molar-refractivity contribution in [3.8, 4) is 6.07 Å². The van der Waals surface area contributed by atoms with E-state index >= 15 is 0 Å². The van der Waals surface area contributed by atoms with Gasteiger partial charge in [0.25, 0.3) is 0 Å². The van der Waals surface area contributed by atoms with Gasteiger partial charge in [0.15, 0.2) is 5.78 Å². The van der Waals surface area contributed by atoms with Crippen LogP contribution in [0, 0.1) is 23.1 Å². The molecule has 0 fully saturated rings. The smallest absolute Gasteiger partial charge is 0.183 e. The van der Waals surface area contributed by atoms with Gasteiger partial charge >= 0.3 is 0 Å². The second-order valence-electron chi connectivity index (χ2n) is 3.43. The number of nitriles is 1. The fourth-order valence-electron chi connectivity index (χ4n) is 1.33. The lowest BCUT2D eigenvalue weighted by Gasteiger charge is -2.06. The third-order valence-corrected chi connectivity index (χ3v) is 2.10. The molecular formula is C12H10FNO2. The molecule has 1 aromatic carbocycles. The zero-order valence-electron chi connectivity index (χ0n) is 8.74. The van der Waals surface area contributed by atoms with Crippen LogP contribution >= 0.6 is 0 Å². The van der Waals surface area contributed by atoms with Crippen molar-refractivity contribution in [1.82, 2.24) is 0 Å². The highest BCUT2D eigenvalue weighted by atomic mass is 19.1. The predicted molar refractivity (Wildman–Crippen MR) is 55.1 cm³/mol. The molecule has 82 valence electrons. The van der Waals surface area contributed by atoms with Gasteiger partial charge in [-0.05, 0) is 19.1 Å². The highest BCUT2D eigenvalue weighted by Crippen LogP contribution is 2.15. The molecule has 1 rings (SSSR count). The molecular weight excluding hydrogens is 209 g/mol. The standard InChI is InChI=1S/C12H10FNO2/c1-8(15)6-9(7-14)12(16)10-4-2-3-5-11(10)13/h2-5,9H,6H2,1H3. The molecule has 0 saturated heterocycles. The molecule has 0 N–H and O–H groups in total. The number of hydrogen-bond acceptors (Lipinski definition) is 3. The van der Waals surface area contributed by atoms with Gasteiger partial charge in [-0.25, -0.2) is 4.39 Å². The van der Waals surface area contributed by atoms with Crippen LogP contribution in [-0.2, 0) is 4.79 Å². The van der Waals surface area contributed by atoms with E-state index < -0.39 is 17.5 Å². The largest absolute Gasteiger partial charge is 0.300 e. The lowest BCUT2D eigenvalue weighted by Crippen LogP contribution is -2.17. The lowest BCUT2D eigenvalue weighted by molar-refractivity contribution is -0.117. The van der Waals surface area contributed by atoms with Crippen LogP contribution in [0.2, 0.25) is 0 Å². The maximum Gasteiger partial charge on any atom is 0.183 e. The molecule has 0 aromatic heterocycles. The van der Waals surface area contributed by atoms with Crippen LogP contribution in [0.5, 0.6) is 0 Å². The van der Waals surface area contributed by atoms with E-state index in [2.05, 4.69) is 0 Å². The van der Waals surface area contributed by atoms with E-state index in [9.17, 15) is 14.0 Å². The average Bonchev–Trinajstić information content (AvgIpc) is 2.25. The number of halogens is 1. The van der Waals surface area contributed by atoms with Crippen molar-refractivity contribution >= 4 is 11.6 Å². The molecule has 0 aliphatic carbocycles. The van der Waals surface area contributed by atoms with Crippen molar-refractivity contribution in [2.24, 2.45) is 5.92 Å². The van der Waals surface area contributed by atoms with Crippen LogP contribution in [0.15, 0.2) is 24.3 Å². The Bertz CT molecular complexity index is 462. The van der Waals surface area contributed by atoms with Crippen LogP contribution < -0.4 is 0 Å². The molecule has 0 amide bonds. The van der Waals surface area contributed by atoms with Gasteiger partial charge < -0.3 is 0 Å². The molecule has 1 aromatic rings. The van der Waals surface area contributed by atoms with Crippen LogP contribution in [0.4, 0.5) is 4.39 Å².